The van der Waals surface area contributed by atoms with Crippen LogP contribution in [-0.4, -0.2) is 61.7 Å². The van der Waals surface area contributed by atoms with Gasteiger partial charge in [0, 0.05) is 30.8 Å². The van der Waals surface area contributed by atoms with Crippen LogP contribution in [0.4, 0.5) is 4.39 Å². The fourth-order valence-corrected chi connectivity index (χ4v) is 6.79. The van der Waals surface area contributed by atoms with E-state index in [-0.39, 0.29) is 23.8 Å². The number of fused-ring (bicyclic) bond motifs is 1. The molecular formula is C30H37FN6O5S. The van der Waals surface area contributed by atoms with Gasteiger partial charge in [-0.2, -0.15) is 10.2 Å². The third kappa shape index (κ3) is 5.63. The van der Waals surface area contributed by atoms with Gasteiger partial charge in [0.25, 0.3) is 5.56 Å². The average Bonchev–Trinajstić information content (AvgIpc) is 3.74. The van der Waals surface area contributed by atoms with Crippen molar-refractivity contribution in [2.45, 2.75) is 65.6 Å². The normalized spacial score (nSPS) is 14.7. The summed E-state index contributed by atoms with van der Waals surface area (Å²) in [4.78, 5) is 45.9. The smallest absolute Gasteiger partial charge is 0.333 e. The van der Waals surface area contributed by atoms with E-state index in [4.69, 9.17) is 9.47 Å². The first-order valence-electron chi connectivity index (χ1n) is 14.4. The highest BCUT2D eigenvalue weighted by Crippen LogP contribution is 2.34. The number of carbonyl (C=O) groups is 1. The van der Waals surface area contributed by atoms with Gasteiger partial charge in [-0.3, -0.25) is 14.2 Å². The Morgan fingerprint density at radius 1 is 1.14 bits per heavy atom. The van der Waals surface area contributed by atoms with E-state index in [1.807, 2.05) is 13.8 Å². The Morgan fingerprint density at radius 2 is 1.81 bits per heavy atom. The van der Waals surface area contributed by atoms with Crippen LogP contribution in [0.15, 0.2) is 40.2 Å². The van der Waals surface area contributed by atoms with E-state index in [0.717, 1.165) is 17.4 Å². The Labute approximate surface area is 252 Å². The van der Waals surface area contributed by atoms with Crippen molar-refractivity contribution in [3.63, 3.8) is 0 Å². The van der Waals surface area contributed by atoms with Crippen molar-refractivity contribution in [2.75, 3.05) is 26.8 Å². The monoisotopic (exact) mass is 612 g/mol. The fourth-order valence-electron chi connectivity index (χ4n) is 5.57. The lowest BCUT2D eigenvalue weighted by atomic mass is 10.0. The molecular weight excluding hydrogens is 575 g/mol. The van der Waals surface area contributed by atoms with Crippen LogP contribution >= 0.6 is 11.3 Å². The predicted molar refractivity (Wildman–Crippen MR) is 162 cm³/mol. The van der Waals surface area contributed by atoms with Gasteiger partial charge in [0.2, 0.25) is 5.91 Å². The largest absolute Gasteiger partial charge is 0.496 e. The third-order valence-electron chi connectivity index (χ3n) is 7.78. The molecule has 1 atom stereocenters. The van der Waals surface area contributed by atoms with Crippen molar-refractivity contribution in [3.8, 4) is 10.8 Å². The van der Waals surface area contributed by atoms with Crippen molar-refractivity contribution in [1.29, 1.82) is 0 Å². The molecule has 4 heterocycles. The van der Waals surface area contributed by atoms with Gasteiger partial charge in [-0.05, 0) is 57.7 Å². The molecule has 1 fully saturated rings. The van der Waals surface area contributed by atoms with E-state index in [9.17, 15) is 18.8 Å². The minimum Gasteiger partial charge on any atom is -0.496 e. The number of thiophene rings is 1. The topological polar surface area (TPSA) is 113 Å². The Hall–Kier alpha value is -3.84. The number of methoxy groups -OCH3 is 1. The molecule has 230 valence electrons. The summed E-state index contributed by atoms with van der Waals surface area (Å²) in [5.41, 5.74) is -1.70. The van der Waals surface area contributed by atoms with Crippen molar-refractivity contribution >= 4 is 27.5 Å². The first-order chi connectivity index (χ1) is 20.4. The van der Waals surface area contributed by atoms with Crippen LogP contribution in [0, 0.1) is 18.7 Å². The van der Waals surface area contributed by atoms with Gasteiger partial charge < -0.3 is 14.4 Å². The number of aryl methyl sites for hydroxylation is 1. The van der Waals surface area contributed by atoms with Crippen molar-refractivity contribution in [1.82, 2.24) is 29.0 Å². The average molecular weight is 613 g/mol. The highest BCUT2D eigenvalue weighted by atomic mass is 32.1. The molecule has 1 aliphatic heterocycles. The van der Waals surface area contributed by atoms with Gasteiger partial charge in [-0.15, -0.1) is 4.80 Å². The number of rotatable bonds is 10. The molecule has 1 amide bonds. The number of ether oxygens (including phenoxy) is 2. The molecule has 0 aliphatic carbocycles. The number of halogens is 1. The molecule has 11 nitrogen and oxygen atoms in total. The number of likely N-dealkylation sites (tertiary alicyclic amines) is 1. The van der Waals surface area contributed by atoms with Gasteiger partial charge in [0.05, 0.1) is 31.4 Å². The van der Waals surface area contributed by atoms with Crippen LogP contribution in [0.5, 0.6) is 5.75 Å². The lowest BCUT2D eigenvalue weighted by Crippen LogP contribution is -2.56. The number of carbonyl (C=O) groups excluding carboxylic acids is 1. The Balaban J connectivity index is 1.77. The van der Waals surface area contributed by atoms with Gasteiger partial charge in [0.1, 0.15) is 33.0 Å². The number of nitrogens with zero attached hydrogens (tertiary/aromatic N) is 6. The summed E-state index contributed by atoms with van der Waals surface area (Å²) in [5, 5.41) is 9.33. The molecule has 43 heavy (non-hydrogen) atoms. The van der Waals surface area contributed by atoms with E-state index < -0.39 is 28.7 Å². The number of amides is 1. The summed E-state index contributed by atoms with van der Waals surface area (Å²) >= 11 is 1.20. The summed E-state index contributed by atoms with van der Waals surface area (Å²) < 4.78 is 28.9. The summed E-state index contributed by atoms with van der Waals surface area (Å²) in [6.07, 6.45) is 3.98. The van der Waals surface area contributed by atoms with Crippen LogP contribution in [0.1, 0.15) is 57.8 Å². The maximum Gasteiger partial charge on any atom is 0.333 e. The molecule has 1 aliphatic rings. The molecule has 1 aromatic carbocycles. The first kappa shape index (κ1) is 30.6. The summed E-state index contributed by atoms with van der Waals surface area (Å²) in [6.45, 7) is 10.4. The van der Waals surface area contributed by atoms with Crippen LogP contribution in [0.2, 0.25) is 0 Å². The van der Waals surface area contributed by atoms with Crippen LogP contribution in [0.3, 0.4) is 0 Å². The molecule has 0 radical (unpaired) electrons. The van der Waals surface area contributed by atoms with Gasteiger partial charge in [0.15, 0.2) is 0 Å². The zero-order chi connectivity index (χ0) is 31.1. The standard InChI is InChI=1S/C30H37FN6O5S/c1-18(2)17-42-23(21-15-20(31)9-10-22(21)41-6)16-35-27-24(19(3)26(43-27)37-32-11-12-33-37)25(38)36(29(35)40)30(4,5)28(39)34-13-7-8-14-34/h9-12,15,18,23H,7-8,13-14,16-17H2,1-6H3. The van der Waals surface area contributed by atoms with E-state index in [1.54, 1.807) is 25.7 Å². The Morgan fingerprint density at radius 3 is 2.44 bits per heavy atom. The van der Waals surface area contributed by atoms with Crippen LogP contribution in [0.25, 0.3) is 15.2 Å². The number of hydrogen-bond donors (Lipinski definition) is 0. The van der Waals surface area contributed by atoms with Crippen molar-refractivity contribution in [2.24, 2.45) is 5.92 Å². The highest BCUT2D eigenvalue weighted by Gasteiger charge is 2.39. The zero-order valence-corrected chi connectivity index (χ0v) is 26.1. The maximum absolute atomic E-state index is 14.6. The van der Waals surface area contributed by atoms with Gasteiger partial charge in [-0.1, -0.05) is 25.2 Å². The van der Waals surface area contributed by atoms with E-state index >= 15 is 0 Å². The molecule has 13 heteroatoms. The van der Waals surface area contributed by atoms with E-state index in [2.05, 4.69) is 10.2 Å². The van der Waals surface area contributed by atoms with E-state index in [0.29, 0.717) is 46.4 Å². The Kier molecular flexibility index (Phi) is 8.57. The minimum atomic E-state index is -1.47. The molecule has 0 bridgehead atoms. The number of hydrogen-bond acceptors (Lipinski definition) is 8. The maximum atomic E-state index is 14.6. The van der Waals surface area contributed by atoms with E-state index in [1.165, 1.54) is 58.4 Å². The zero-order valence-electron chi connectivity index (χ0n) is 25.3. The van der Waals surface area contributed by atoms with Gasteiger partial charge in [-0.25, -0.2) is 13.8 Å². The third-order valence-corrected chi connectivity index (χ3v) is 9.06. The lowest BCUT2D eigenvalue weighted by Gasteiger charge is -2.31. The van der Waals surface area contributed by atoms with Crippen molar-refractivity contribution in [3.05, 3.63) is 68.4 Å². The SMILES string of the molecule is COc1ccc(F)cc1C(Cn1c(=O)n(C(C)(C)C(=O)N2CCCC2)c(=O)c2c(C)c(-n3nccn3)sc21)OCC(C)C. The van der Waals surface area contributed by atoms with Crippen LogP contribution in [-0.2, 0) is 21.6 Å². The molecule has 0 spiro atoms. The first-order valence-corrected chi connectivity index (χ1v) is 15.2. The van der Waals surface area contributed by atoms with Crippen LogP contribution < -0.4 is 16.0 Å². The van der Waals surface area contributed by atoms with Crippen molar-refractivity contribution < 1.29 is 18.7 Å². The Bertz CT molecular complexity index is 1750. The summed E-state index contributed by atoms with van der Waals surface area (Å²) in [6, 6.07) is 4.15. The second-order valence-electron chi connectivity index (χ2n) is 11.7. The molecule has 5 rings (SSSR count). The predicted octanol–water partition coefficient (Wildman–Crippen LogP) is 4.03. The second kappa shape index (κ2) is 12.0. The number of aromatic nitrogens is 5. The molecule has 1 saturated heterocycles. The second-order valence-corrected chi connectivity index (χ2v) is 12.7. The molecule has 0 N–H and O–H groups in total. The van der Waals surface area contributed by atoms with Gasteiger partial charge >= 0.3 is 5.69 Å². The highest BCUT2D eigenvalue weighted by molar-refractivity contribution is 7.21. The lowest BCUT2D eigenvalue weighted by molar-refractivity contribution is -0.138. The number of benzene rings is 1. The molecule has 1 unspecified atom stereocenters. The summed E-state index contributed by atoms with van der Waals surface area (Å²) in [5.74, 6) is -0.225. The summed E-state index contributed by atoms with van der Waals surface area (Å²) in [7, 11) is 1.49. The quantitative estimate of drug-likeness (QED) is 0.266. The molecule has 4 aromatic rings. The minimum absolute atomic E-state index is 0.0674. The molecule has 3 aromatic heterocycles. The fraction of sp³-hybridized carbons (Fsp3) is 0.500. The molecule has 0 saturated carbocycles.